The number of anilines is 6. The molecule has 0 aliphatic heterocycles. The van der Waals surface area contributed by atoms with E-state index in [2.05, 4.69) is 228 Å². The molecule has 9 rings (SSSR count). The van der Waals surface area contributed by atoms with E-state index in [1.54, 1.807) is 0 Å². The summed E-state index contributed by atoms with van der Waals surface area (Å²) in [6, 6.07) is 78.7. The van der Waals surface area contributed by atoms with Gasteiger partial charge in [-0.25, -0.2) is 4.20 Å². The van der Waals surface area contributed by atoms with Crippen LogP contribution < -0.4 is 9.80 Å². The lowest BCUT2D eigenvalue weighted by Crippen LogP contribution is -2.28. The van der Waals surface area contributed by atoms with Crippen LogP contribution in [0.15, 0.2) is 218 Å². The first-order valence-electron chi connectivity index (χ1n) is 18.6. The van der Waals surface area contributed by atoms with Crippen molar-refractivity contribution in [1.29, 1.82) is 2.56 Å². The molecule has 1 atom stereocenters. The number of hydrogen-bond acceptors (Lipinski definition) is 2. The van der Waals surface area contributed by atoms with Crippen molar-refractivity contribution in [3.63, 3.8) is 0 Å². The SMILES string of the molecule is [2H]P([3H])F.c1ccc(N(c2ccccc2)c2ccc(C3(c4ccc(N(c5ccccc5)c5ccccc5)cc4)c4ccccc4-c4ccccc43)cc2)cc1. The molecule has 2 nitrogen and oxygen atoms in total. The number of para-hydroxylation sites is 4. The molecule has 0 N–H and O–H groups in total. The van der Waals surface area contributed by atoms with Crippen molar-refractivity contribution in [2.75, 3.05) is 9.80 Å². The maximum absolute atomic E-state index is 10.4. The molecule has 4 heteroatoms. The van der Waals surface area contributed by atoms with Crippen LogP contribution >= 0.6 is 9.44 Å². The first-order chi connectivity index (χ1) is 27.1. The first-order valence-corrected chi connectivity index (χ1v) is 18.0. The molecule has 0 amide bonds. The van der Waals surface area contributed by atoms with Gasteiger partial charge in [-0.3, -0.25) is 0 Å². The van der Waals surface area contributed by atoms with Crippen molar-refractivity contribution in [1.82, 2.24) is 0 Å². The summed E-state index contributed by atoms with van der Waals surface area (Å²) in [5.74, 6) is 0. The number of benzene rings is 8. The van der Waals surface area contributed by atoms with Gasteiger partial charge in [-0.1, -0.05) is 146 Å². The summed E-state index contributed by atoms with van der Waals surface area (Å²) in [5, 5.41) is 0. The molecule has 53 heavy (non-hydrogen) atoms. The van der Waals surface area contributed by atoms with Crippen molar-refractivity contribution in [3.8, 4) is 11.1 Å². The van der Waals surface area contributed by atoms with Gasteiger partial charge in [0.25, 0.3) is 0 Å². The average molecular weight is 708 g/mol. The van der Waals surface area contributed by atoms with Crippen LogP contribution in [0.3, 0.4) is 0 Å². The smallest absolute Gasteiger partial charge is 0.0908 e. The molecular formula is C49H38FN2P. The monoisotopic (exact) mass is 707 g/mol. The van der Waals surface area contributed by atoms with Crippen LogP contribution in [0, 0.1) is 0 Å². The molecule has 1 aliphatic carbocycles. The second kappa shape index (κ2) is 15.1. The Morgan fingerprint density at radius 2 is 0.623 bits per heavy atom. The highest BCUT2D eigenvalue weighted by Gasteiger charge is 2.46. The molecular weight excluding hydrogens is 667 g/mol. The minimum Gasteiger partial charge on any atom is -0.311 e. The van der Waals surface area contributed by atoms with Gasteiger partial charge in [-0.2, -0.15) is 0 Å². The molecule has 0 spiro atoms. The second-order valence-electron chi connectivity index (χ2n) is 12.9. The van der Waals surface area contributed by atoms with Gasteiger partial charge in [0.15, 0.2) is 0 Å². The van der Waals surface area contributed by atoms with E-state index in [0.29, 0.717) is 0 Å². The van der Waals surface area contributed by atoms with Gasteiger partial charge in [0.1, 0.15) is 0 Å². The van der Waals surface area contributed by atoms with Crippen molar-refractivity contribution < 1.29 is 4.20 Å². The molecule has 0 fully saturated rings. The molecule has 0 bridgehead atoms. The first kappa shape index (κ1) is 31.5. The van der Waals surface area contributed by atoms with E-state index in [-0.39, 0.29) is 0 Å². The normalized spacial score (nSPS) is 13.2. The largest absolute Gasteiger partial charge is 0.311 e. The number of rotatable bonds is 8. The summed E-state index contributed by atoms with van der Waals surface area (Å²) < 4.78 is 21.7. The van der Waals surface area contributed by atoms with E-state index in [1.807, 2.05) is 0 Å². The summed E-state index contributed by atoms with van der Waals surface area (Å²) in [7, 11) is -2.62. The molecule has 8 aromatic carbocycles. The zero-order valence-electron chi connectivity index (χ0n) is 31.0. The van der Waals surface area contributed by atoms with Crippen molar-refractivity contribution in [3.05, 3.63) is 241 Å². The minimum absolute atomic E-state index is 0.501. The van der Waals surface area contributed by atoms with E-state index in [0.717, 1.165) is 34.1 Å². The molecule has 0 heterocycles. The topological polar surface area (TPSA) is 6.48 Å². The van der Waals surface area contributed by atoms with Crippen LogP contribution in [-0.2, 0) is 5.41 Å². The number of nitrogens with zero attached hydrogens (tertiary/aromatic N) is 2. The predicted molar refractivity (Wildman–Crippen MR) is 224 cm³/mol. The van der Waals surface area contributed by atoms with Gasteiger partial charge in [0, 0.05) is 34.1 Å². The highest BCUT2D eigenvalue weighted by molar-refractivity contribution is 7.09. The van der Waals surface area contributed by atoms with Gasteiger partial charge < -0.3 is 9.80 Å². The van der Waals surface area contributed by atoms with Gasteiger partial charge in [-0.05, 0) is 106 Å². The lowest BCUT2D eigenvalue weighted by molar-refractivity contribution is 0.768. The Hall–Kier alpha value is -6.28. The lowest BCUT2D eigenvalue weighted by atomic mass is 9.67. The minimum atomic E-state index is -2.62. The van der Waals surface area contributed by atoms with E-state index >= 15 is 0 Å². The Balaban J connectivity index is 0.00000102. The lowest BCUT2D eigenvalue weighted by Gasteiger charge is -2.35. The highest BCUT2D eigenvalue weighted by atomic mass is 31.1. The third-order valence-corrected chi connectivity index (χ3v) is 10.1. The third kappa shape index (κ3) is 6.10. The highest BCUT2D eigenvalue weighted by Crippen LogP contribution is 2.56. The fourth-order valence-electron chi connectivity index (χ4n) is 7.95. The second-order valence-corrected chi connectivity index (χ2v) is 12.9. The Kier molecular flexibility index (Phi) is 8.98. The molecule has 0 aromatic heterocycles. The molecule has 8 aromatic rings. The Morgan fingerprint density at radius 1 is 0.377 bits per heavy atom. The standard InChI is InChI=1S/C49H36N2.FH2P/c1-5-17-39(18-6-1)50(40-19-7-2-8-20-40)43-33-29-37(30-34-43)49(47-27-15-13-25-45(47)46-26-14-16-28-48(46)49)38-31-35-44(36-32-38)51(41-21-9-3-10-22-41)42-23-11-4-12-24-42;1-2/h1-36H;2H2/i;2TD. The van der Waals surface area contributed by atoms with Crippen LogP contribution in [0.25, 0.3) is 11.1 Å². The Morgan fingerprint density at radius 3 is 0.925 bits per heavy atom. The quantitative estimate of drug-likeness (QED) is 0.145. The summed E-state index contributed by atoms with van der Waals surface area (Å²) >= 11 is 0. The van der Waals surface area contributed by atoms with Crippen molar-refractivity contribution in [2.24, 2.45) is 0 Å². The molecule has 0 saturated heterocycles. The van der Waals surface area contributed by atoms with E-state index in [9.17, 15) is 4.20 Å². The zero-order chi connectivity index (χ0) is 37.6. The molecule has 1 aliphatic rings. The van der Waals surface area contributed by atoms with Crippen LogP contribution in [0.1, 0.15) is 22.3 Å². The Bertz CT molecular complexity index is 2210. The fraction of sp³-hybridized carbons (Fsp3) is 0.0204. The van der Waals surface area contributed by atoms with E-state index in [4.69, 9.17) is 2.56 Å². The predicted octanol–water partition coefficient (Wildman–Crippen LogP) is 13.7. The summed E-state index contributed by atoms with van der Waals surface area (Å²) in [5.41, 5.74) is 13.9. The molecule has 1 unspecified atom stereocenters. The fourth-order valence-corrected chi connectivity index (χ4v) is 7.95. The van der Waals surface area contributed by atoms with Gasteiger partial charge >= 0.3 is 0 Å². The van der Waals surface area contributed by atoms with E-state index in [1.165, 1.54) is 33.4 Å². The molecule has 0 saturated carbocycles. The zero-order valence-corrected chi connectivity index (χ0v) is 29.9. The number of fused-ring (bicyclic) bond motifs is 3. The van der Waals surface area contributed by atoms with Crippen molar-refractivity contribution in [2.45, 2.75) is 5.41 Å². The van der Waals surface area contributed by atoms with Crippen LogP contribution in [0.5, 0.6) is 0 Å². The van der Waals surface area contributed by atoms with Gasteiger partial charge in [0.05, 0.1) is 17.4 Å². The molecule has 256 valence electrons. The molecule has 0 radical (unpaired) electrons. The van der Waals surface area contributed by atoms with Crippen LogP contribution in [0.4, 0.5) is 38.3 Å². The van der Waals surface area contributed by atoms with Gasteiger partial charge in [-0.15, -0.1) is 0 Å². The van der Waals surface area contributed by atoms with E-state index < -0.39 is 14.9 Å². The third-order valence-electron chi connectivity index (χ3n) is 10.1. The summed E-state index contributed by atoms with van der Waals surface area (Å²) in [6.45, 7) is 0. The Labute approximate surface area is 316 Å². The average Bonchev–Trinajstić information content (AvgIpc) is 3.54. The summed E-state index contributed by atoms with van der Waals surface area (Å²) in [6.07, 6.45) is 0. The number of hydrogen-bond donors (Lipinski definition) is 0. The maximum atomic E-state index is 10.4. The van der Waals surface area contributed by atoms with Gasteiger partial charge in [0.2, 0.25) is 0 Å². The maximum Gasteiger partial charge on any atom is 0.0908 e. The number of halogens is 1. The van der Waals surface area contributed by atoms with Crippen LogP contribution in [0.2, 0.25) is 0 Å². The van der Waals surface area contributed by atoms with Crippen LogP contribution in [-0.4, -0.2) is 2.56 Å². The van der Waals surface area contributed by atoms with Crippen molar-refractivity contribution >= 4 is 43.6 Å². The summed E-state index contributed by atoms with van der Waals surface area (Å²) in [4.78, 5) is 4.65.